The number of fused-ring (bicyclic) bond motifs is 1. The van der Waals surface area contributed by atoms with Crippen molar-refractivity contribution >= 4 is 40.2 Å². The summed E-state index contributed by atoms with van der Waals surface area (Å²) in [5.41, 5.74) is 1.44. The summed E-state index contributed by atoms with van der Waals surface area (Å²) >= 11 is 12.3. The number of nitrogens with zero attached hydrogens (tertiary/aromatic N) is 7. The van der Waals surface area contributed by atoms with E-state index in [9.17, 15) is 5.11 Å². The van der Waals surface area contributed by atoms with Gasteiger partial charge >= 0.3 is 0 Å². The molecule has 1 atom stereocenters. The topological polar surface area (TPSA) is 92.8 Å². The molecule has 10 heteroatoms. The molecule has 28 heavy (non-hydrogen) atoms. The van der Waals surface area contributed by atoms with Crippen LogP contribution in [0.1, 0.15) is 38.7 Å². The minimum absolute atomic E-state index is 0.247. The second-order valence-electron chi connectivity index (χ2n) is 7.97. The van der Waals surface area contributed by atoms with Crippen molar-refractivity contribution in [3.05, 3.63) is 33.8 Å². The van der Waals surface area contributed by atoms with Gasteiger partial charge in [0.2, 0.25) is 5.65 Å². The minimum Gasteiger partial charge on any atom is -0.391 e. The van der Waals surface area contributed by atoms with Crippen LogP contribution in [-0.4, -0.2) is 54.2 Å². The third kappa shape index (κ3) is 3.64. The van der Waals surface area contributed by atoms with E-state index in [1.807, 2.05) is 4.90 Å². The number of rotatable bonds is 3. The van der Waals surface area contributed by atoms with E-state index < -0.39 is 0 Å². The van der Waals surface area contributed by atoms with Crippen molar-refractivity contribution in [2.45, 2.75) is 45.3 Å². The molecule has 0 amide bonds. The molecule has 1 aliphatic heterocycles. The molecule has 148 valence electrons. The predicted molar refractivity (Wildman–Crippen MR) is 108 cm³/mol. The highest BCUT2D eigenvalue weighted by molar-refractivity contribution is 6.42. The molecule has 1 aliphatic rings. The normalized spacial score (nSPS) is 17.6. The first-order valence-electron chi connectivity index (χ1n) is 9.07. The van der Waals surface area contributed by atoms with E-state index in [-0.39, 0.29) is 18.1 Å². The van der Waals surface area contributed by atoms with E-state index in [1.165, 1.54) is 4.80 Å². The number of aliphatic hydroxyl groups excluding tert-OH is 1. The Morgan fingerprint density at radius 2 is 2.00 bits per heavy atom. The number of hydrogen-bond acceptors (Lipinski definition) is 7. The number of aromatic nitrogens is 6. The zero-order valence-corrected chi connectivity index (χ0v) is 17.4. The standard InChI is InChI=1S/C18H21Cl2N7O/c1-18(2,3)17-22-15-14(16(23-17)26-7-5-10(28)8-26)24-27(25-15)9-12-13(20)11(19)4-6-21-12/h4,6,10,28H,5,7-9H2,1-3H3/t10-/m0/s1. The summed E-state index contributed by atoms with van der Waals surface area (Å²) in [4.78, 5) is 17.2. The van der Waals surface area contributed by atoms with Crippen molar-refractivity contribution in [1.82, 2.24) is 29.9 Å². The highest BCUT2D eigenvalue weighted by Gasteiger charge is 2.28. The molecule has 0 spiro atoms. The molecule has 3 aromatic heterocycles. The molecule has 8 nitrogen and oxygen atoms in total. The third-order valence-corrected chi connectivity index (χ3v) is 5.45. The Kier molecular flexibility index (Phi) is 4.89. The molecule has 4 rings (SSSR count). The molecule has 0 radical (unpaired) electrons. The fourth-order valence-corrected chi connectivity index (χ4v) is 3.44. The summed E-state index contributed by atoms with van der Waals surface area (Å²) in [5, 5.41) is 19.9. The zero-order valence-electron chi connectivity index (χ0n) is 15.9. The van der Waals surface area contributed by atoms with Crippen molar-refractivity contribution in [3.8, 4) is 0 Å². The van der Waals surface area contributed by atoms with Crippen LogP contribution in [0.5, 0.6) is 0 Å². The quantitative estimate of drug-likeness (QED) is 0.694. The first-order valence-corrected chi connectivity index (χ1v) is 9.83. The predicted octanol–water partition coefficient (Wildman–Crippen LogP) is 2.84. The van der Waals surface area contributed by atoms with Gasteiger partial charge in [-0.3, -0.25) is 4.98 Å². The Bertz CT molecular complexity index is 1030. The summed E-state index contributed by atoms with van der Waals surface area (Å²) in [6.07, 6.45) is 1.93. The monoisotopic (exact) mass is 421 g/mol. The van der Waals surface area contributed by atoms with Crippen LogP contribution < -0.4 is 4.90 Å². The number of pyridine rings is 1. The van der Waals surface area contributed by atoms with Crippen molar-refractivity contribution in [2.75, 3.05) is 18.0 Å². The second kappa shape index (κ2) is 7.09. The van der Waals surface area contributed by atoms with E-state index in [2.05, 4.69) is 40.9 Å². The van der Waals surface area contributed by atoms with Crippen molar-refractivity contribution in [2.24, 2.45) is 0 Å². The Balaban J connectivity index is 1.80. The van der Waals surface area contributed by atoms with Gasteiger partial charge in [-0.15, -0.1) is 10.2 Å². The molecule has 0 aromatic carbocycles. The zero-order chi connectivity index (χ0) is 20.1. The number of β-amino-alcohol motifs (C(OH)–C–C–N with tert-alkyl or cyclic N) is 1. The average Bonchev–Trinajstić information content (AvgIpc) is 3.23. The van der Waals surface area contributed by atoms with Gasteiger partial charge in [0.15, 0.2) is 11.3 Å². The molecule has 1 fully saturated rings. The number of aliphatic hydroxyl groups is 1. The lowest BCUT2D eigenvalue weighted by Gasteiger charge is -2.21. The fourth-order valence-electron chi connectivity index (χ4n) is 3.10. The molecule has 1 saturated heterocycles. The SMILES string of the molecule is CC(C)(C)c1nc(N2CC[C@H](O)C2)c2nn(Cc3nccc(Cl)c3Cl)nc2n1. The Labute approximate surface area is 172 Å². The molecule has 0 aliphatic carbocycles. The number of hydrogen-bond donors (Lipinski definition) is 1. The molecule has 4 heterocycles. The molecule has 3 aromatic rings. The molecule has 0 unspecified atom stereocenters. The largest absolute Gasteiger partial charge is 0.391 e. The fraction of sp³-hybridized carbons (Fsp3) is 0.500. The third-order valence-electron chi connectivity index (χ3n) is 4.61. The van der Waals surface area contributed by atoms with Gasteiger partial charge < -0.3 is 10.0 Å². The van der Waals surface area contributed by atoms with Crippen LogP contribution in [0.2, 0.25) is 10.0 Å². The molecular weight excluding hydrogens is 401 g/mol. The summed E-state index contributed by atoms with van der Waals surface area (Å²) in [6.45, 7) is 7.66. The van der Waals surface area contributed by atoms with Crippen LogP contribution >= 0.6 is 23.2 Å². The van der Waals surface area contributed by atoms with Gasteiger partial charge in [0.05, 0.1) is 21.8 Å². The smallest absolute Gasteiger partial charge is 0.207 e. The van der Waals surface area contributed by atoms with Crippen molar-refractivity contribution < 1.29 is 5.11 Å². The van der Waals surface area contributed by atoms with Gasteiger partial charge in [-0.05, 0) is 12.5 Å². The van der Waals surface area contributed by atoms with E-state index >= 15 is 0 Å². The summed E-state index contributed by atoms with van der Waals surface area (Å²) in [6, 6.07) is 1.64. The van der Waals surface area contributed by atoms with E-state index in [0.717, 1.165) is 0 Å². The molecule has 1 N–H and O–H groups in total. The molecule has 0 saturated carbocycles. The van der Waals surface area contributed by atoms with Crippen molar-refractivity contribution in [1.29, 1.82) is 0 Å². The lowest BCUT2D eigenvalue weighted by Crippen LogP contribution is -2.25. The first kappa shape index (κ1) is 19.3. The van der Waals surface area contributed by atoms with Crippen LogP contribution in [0.25, 0.3) is 11.2 Å². The van der Waals surface area contributed by atoms with E-state index in [0.29, 0.717) is 58.1 Å². The van der Waals surface area contributed by atoms with E-state index in [1.54, 1.807) is 12.3 Å². The second-order valence-corrected chi connectivity index (χ2v) is 8.75. The van der Waals surface area contributed by atoms with Crippen LogP contribution in [0.15, 0.2) is 12.3 Å². The highest BCUT2D eigenvalue weighted by atomic mass is 35.5. The van der Waals surface area contributed by atoms with Crippen LogP contribution in [-0.2, 0) is 12.0 Å². The maximum absolute atomic E-state index is 9.96. The summed E-state index contributed by atoms with van der Waals surface area (Å²) in [7, 11) is 0. The molecular formula is C18H21Cl2N7O. The minimum atomic E-state index is -0.368. The van der Waals surface area contributed by atoms with Gasteiger partial charge in [-0.25, -0.2) is 9.97 Å². The van der Waals surface area contributed by atoms with Crippen LogP contribution in [0.3, 0.4) is 0 Å². The van der Waals surface area contributed by atoms with Gasteiger partial charge in [0, 0.05) is 24.7 Å². The van der Waals surface area contributed by atoms with Gasteiger partial charge in [-0.2, -0.15) is 4.80 Å². The van der Waals surface area contributed by atoms with Gasteiger partial charge in [-0.1, -0.05) is 44.0 Å². The van der Waals surface area contributed by atoms with Crippen LogP contribution in [0, 0.1) is 0 Å². The maximum Gasteiger partial charge on any atom is 0.207 e. The first-order chi connectivity index (χ1) is 13.2. The van der Waals surface area contributed by atoms with Crippen LogP contribution in [0.4, 0.5) is 5.82 Å². The Morgan fingerprint density at radius 1 is 1.21 bits per heavy atom. The summed E-state index contributed by atoms with van der Waals surface area (Å²) < 4.78 is 0. The average molecular weight is 422 g/mol. The number of halogens is 2. The lowest BCUT2D eigenvalue weighted by molar-refractivity contribution is 0.198. The highest BCUT2D eigenvalue weighted by Crippen LogP contribution is 2.29. The molecule has 0 bridgehead atoms. The Morgan fingerprint density at radius 3 is 2.68 bits per heavy atom. The Hall–Kier alpha value is -2.03. The maximum atomic E-state index is 9.96. The van der Waals surface area contributed by atoms with E-state index in [4.69, 9.17) is 28.2 Å². The van der Waals surface area contributed by atoms with Gasteiger partial charge in [0.25, 0.3) is 0 Å². The number of anilines is 1. The van der Waals surface area contributed by atoms with Crippen molar-refractivity contribution in [3.63, 3.8) is 0 Å². The van der Waals surface area contributed by atoms with Gasteiger partial charge in [0.1, 0.15) is 12.4 Å². The summed E-state index contributed by atoms with van der Waals surface area (Å²) in [5.74, 6) is 1.38. The lowest BCUT2D eigenvalue weighted by atomic mass is 9.96.